The smallest absolute Gasteiger partial charge is 0.172 e. The number of aliphatic hydroxyl groups excluding tert-OH is 1. The molecule has 27 heavy (non-hydrogen) atoms. The summed E-state index contributed by atoms with van der Waals surface area (Å²) >= 11 is 5.99. The van der Waals surface area contributed by atoms with E-state index in [0.717, 1.165) is 22.3 Å². The zero-order valence-electron chi connectivity index (χ0n) is 15.3. The molecule has 3 nitrogen and oxygen atoms in total. The molecule has 4 heteroatoms. The topological polar surface area (TPSA) is 46.5 Å². The van der Waals surface area contributed by atoms with E-state index in [1.54, 1.807) is 6.92 Å². The molecule has 2 aromatic rings. The van der Waals surface area contributed by atoms with Crippen LogP contribution in [-0.4, -0.2) is 23.1 Å². The van der Waals surface area contributed by atoms with E-state index < -0.39 is 0 Å². The summed E-state index contributed by atoms with van der Waals surface area (Å²) in [5.41, 5.74) is 4.08. The molecule has 1 saturated heterocycles. The molecule has 1 N–H and O–H groups in total. The average Bonchev–Trinajstić information content (AvgIpc) is 3.27. The lowest BCUT2D eigenvalue weighted by atomic mass is 9.83. The molecule has 0 radical (unpaired) electrons. The summed E-state index contributed by atoms with van der Waals surface area (Å²) in [5.74, 6) is -0.248. The summed E-state index contributed by atoms with van der Waals surface area (Å²) in [6.45, 7) is 3.53. The highest BCUT2D eigenvalue weighted by atomic mass is 35.5. The Hall–Kier alpha value is -2.36. The van der Waals surface area contributed by atoms with Crippen molar-refractivity contribution in [3.05, 3.63) is 76.5 Å². The fourth-order valence-corrected chi connectivity index (χ4v) is 4.06. The molecule has 4 rings (SSSR count). The van der Waals surface area contributed by atoms with Crippen molar-refractivity contribution in [2.24, 2.45) is 5.92 Å². The van der Waals surface area contributed by atoms with Crippen LogP contribution in [0.15, 0.2) is 60.4 Å². The van der Waals surface area contributed by atoms with E-state index in [-0.39, 0.29) is 29.7 Å². The van der Waals surface area contributed by atoms with Crippen LogP contribution in [0.25, 0.3) is 16.7 Å². The Kier molecular flexibility index (Phi) is 4.67. The number of aryl methyl sites for hydroxylation is 1. The standard InChI is InChI=1S/C23H21ClO3/c1-13-3-4-16(15-5-7-17(24)8-6-15)11-19(13)22(14(2)25)23(26)20-12-18-9-10-21(20)27-18/h3-11,18,20-21,25H,12H2,1-2H3/b22-14+/t18-,20-,21+/m1/s1. The lowest BCUT2D eigenvalue weighted by molar-refractivity contribution is -0.118. The van der Waals surface area contributed by atoms with Gasteiger partial charge < -0.3 is 9.84 Å². The molecule has 0 aliphatic carbocycles. The molecule has 0 amide bonds. The van der Waals surface area contributed by atoms with Gasteiger partial charge in [0.15, 0.2) is 5.78 Å². The van der Waals surface area contributed by atoms with Crippen molar-refractivity contribution in [3.63, 3.8) is 0 Å². The summed E-state index contributed by atoms with van der Waals surface area (Å²) in [5, 5.41) is 11.0. The van der Waals surface area contributed by atoms with E-state index in [2.05, 4.69) is 0 Å². The lowest BCUT2D eigenvalue weighted by Gasteiger charge is -2.19. The first-order chi connectivity index (χ1) is 12.9. The Bertz CT molecular complexity index is 952. The molecule has 2 bridgehead atoms. The summed E-state index contributed by atoms with van der Waals surface area (Å²) in [6, 6.07) is 13.5. The number of carbonyl (C=O) groups excluding carboxylic acids is 1. The predicted octanol–water partition coefficient (Wildman–Crippen LogP) is 5.52. The summed E-state index contributed by atoms with van der Waals surface area (Å²) in [6.07, 6.45) is 4.48. The zero-order chi connectivity index (χ0) is 19.1. The van der Waals surface area contributed by atoms with E-state index in [4.69, 9.17) is 16.3 Å². The maximum absolute atomic E-state index is 13.3. The number of ketones is 1. The lowest BCUT2D eigenvalue weighted by Crippen LogP contribution is -2.25. The van der Waals surface area contributed by atoms with Crippen LogP contribution in [0, 0.1) is 12.8 Å². The highest BCUT2D eigenvalue weighted by Crippen LogP contribution is 2.39. The number of allylic oxidation sites excluding steroid dienone is 2. The molecule has 0 unspecified atom stereocenters. The van der Waals surface area contributed by atoms with E-state index >= 15 is 0 Å². The summed E-state index contributed by atoms with van der Waals surface area (Å²) < 4.78 is 5.76. The third-order valence-corrected chi connectivity index (χ3v) is 5.61. The van der Waals surface area contributed by atoms with E-state index in [1.807, 2.05) is 61.5 Å². The number of ether oxygens (including phenoxy) is 1. The summed E-state index contributed by atoms with van der Waals surface area (Å²) in [7, 11) is 0. The second-order valence-corrected chi connectivity index (χ2v) is 7.66. The predicted molar refractivity (Wildman–Crippen MR) is 108 cm³/mol. The van der Waals surface area contributed by atoms with E-state index in [1.165, 1.54) is 0 Å². The van der Waals surface area contributed by atoms with Crippen molar-refractivity contribution < 1.29 is 14.6 Å². The van der Waals surface area contributed by atoms with Gasteiger partial charge >= 0.3 is 0 Å². The minimum atomic E-state index is -0.240. The minimum absolute atomic E-state index is 0.0192. The molecule has 2 aliphatic rings. The first-order valence-electron chi connectivity index (χ1n) is 9.09. The van der Waals surface area contributed by atoms with Crippen molar-refractivity contribution in [2.45, 2.75) is 32.5 Å². The second-order valence-electron chi connectivity index (χ2n) is 7.23. The summed E-state index contributed by atoms with van der Waals surface area (Å²) in [4.78, 5) is 13.3. The van der Waals surface area contributed by atoms with Gasteiger partial charge in [-0.15, -0.1) is 0 Å². The van der Waals surface area contributed by atoms with E-state index in [0.29, 0.717) is 17.0 Å². The van der Waals surface area contributed by atoms with Crippen LogP contribution in [0.2, 0.25) is 5.02 Å². The number of benzene rings is 2. The Balaban J connectivity index is 1.74. The normalized spacial score (nSPS) is 24.2. The first kappa shape index (κ1) is 18.0. The van der Waals surface area contributed by atoms with Gasteiger partial charge in [-0.25, -0.2) is 0 Å². The van der Waals surface area contributed by atoms with Gasteiger partial charge in [0.1, 0.15) is 5.76 Å². The van der Waals surface area contributed by atoms with Crippen molar-refractivity contribution in [2.75, 3.05) is 0 Å². The first-order valence-corrected chi connectivity index (χ1v) is 9.46. The van der Waals surface area contributed by atoms with Gasteiger partial charge in [-0.2, -0.15) is 0 Å². The van der Waals surface area contributed by atoms with Crippen LogP contribution in [0.5, 0.6) is 0 Å². The molecule has 2 heterocycles. The van der Waals surface area contributed by atoms with Crippen molar-refractivity contribution in [1.82, 2.24) is 0 Å². The molecule has 2 aliphatic heterocycles. The van der Waals surface area contributed by atoms with E-state index in [9.17, 15) is 9.90 Å². The molecular weight excluding hydrogens is 360 g/mol. The number of halogens is 1. The molecule has 138 valence electrons. The van der Waals surface area contributed by atoms with Crippen molar-refractivity contribution in [3.8, 4) is 11.1 Å². The van der Waals surface area contributed by atoms with Gasteiger partial charge in [0.2, 0.25) is 0 Å². The highest BCUT2D eigenvalue weighted by Gasteiger charge is 2.42. The average molecular weight is 381 g/mol. The number of rotatable bonds is 4. The number of hydrogen-bond acceptors (Lipinski definition) is 3. The zero-order valence-corrected chi connectivity index (χ0v) is 16.0. The van der Waals surface area contributed by atoms with Crippen molar-refractivity contribution >= 4 is 23.0 Å². The SMILES string of the molecule is C/C(O)=C(\C(=O)[C@@H]1C[C@H]2C=C[C@@H]1O2)c1cc(-c2ccc(Cl)cc2)ccc1C. The fraction of sp³-hybridized carbons (Fsp3) is 0.261. The Morgan fingerprint density at radius 3 is 2.41 bits per heavy atom. The van der Waals surface area contributed by atoms with Gasteiger partial charge in [-0.05, 0) is 60.7 Å². The Labute approximate surface area is 163 Å². The fourth-order valence-electron chi connectivity index (χ4n) is 3.93. The minimum Gasteiger partial charge on any atom is -0.512 e. The number of fused-ring (bicyclic) bond motifs is 2. The quantitative estimate of drug-likeness (QED) is 0.431. The second kappa shape index (κ2) is 6.99. The molecular formula is C23H21ClO3. The third kappa shape index (κ3) is 3.33. The molecule has 0 saturated carbocycles. The maximum atomic E-state index is 13.3. The number of carbonyl (C=O) groups is 1. The van der Waals surface area contributed by atoms with Crippen LogP contribution in [0.4, 0.5) is 0 Å². The molecule has 2 aromatic carbocycles. The Morgan fingerprint density at radius 2 is 1.81 bits per heavy atom. The van der Waals surface area contributed by atoms with Crippen LogP contribution < -0.4 is 0 Å². The molecule has 0 spiro atoms. The monoisotopic (exact) mass is 380 g/mol. The Morgan fingerprint density at radius 1 is 1.11 bits per heavy atom. The van der Waals surface area contributed by atoms with Crippen molar-refractivity contribution in [1.29, 1.82) is 0 Å². The number of hydrogen-bond donors (Lipinski definition) is 1. The largest absolute Gasteiger partial charge is 0.512 e. The van der Waals surface area contributed by atoms with Gasteiger partial charge in [-0.3, -0.25) is 4.79 Å². The number of aliphatic hydroxyl groups is 1. The van der Waals surface area contributed by atoms with Crippen LogP contribution >= 0.6 is 11.6 Å². The van der Waals surface area contributed by atoms with Crippen LogP contribution in [0.3, 0.4) is 0 Å². The molecule has 1 fully saturated rings. The molecule has 0 aromatic heterocycles. The third-order valence-electron chi connectivity index (χ3n) is 5.36. The van der Waals surface area contributed by atoms with Gasteiger partial charge in [0.05, 0.1) is 23.7 Å². The van der Waals surface area contributed by atoms with Gasteiger partial charge in [-0.1, -0.05) is 48.0 Å². The molecule has 3 atom stereocenters. The van der Waals surface area contributed by atoms with Crippen LogP contribution in [0.1, 0.15) is 24.5 Å². The van der Waals surface area contributed by atoms with Gasteiger partial charge in [0.25, 0.3) is 0 Å². The van der Waals surface area contributed by atoms with Gasteiger partial charge in [0, 0.05) is 5.02 Å². The highest BCUT2D eigenvalue weighted by molar-refractivity contribution is 6.30. The van der Waals surface area contributed by atoms with Crippen LogP contribution in [-0.2, 0) is 9.53 Å². The number of Topliss-reactive ketones (excluding diaryl/α,β-unsaturated/α-hetero) is 1. The maximum Gasteiger partial charge on any atom is 0.172 e.